The van der Waals surface area contributed by atoms with Crippen molar-refractivity contribution in [2.24, 2.45) is 4.99 Å². The van der Waals surface area contributed by atoms with Gasteiger partial charge < -0.3 is 19.5 Å². The van der Waals surface area contributed by atoms with E-state index in [0.29, 0.717) is 35.3 Å². The molecule has 2 aromatic rings. The summed E-state index contributed by atoms with van der Waals surface area (Å²) in [6.07, 6.45) is 1.66. The molecule has 1 aromatic heterocycles. The van der Waals surface area contributed by atoms with E-state index in [4.69, 9.17) is 19.2 Å². The van der Waals surface area contributed by atoms with Crippen molar-refractivity contribution in [3.8, 4) is 0 Å². The first-order valence-electron chi connectivity index (χ1n) is 10.6. The highest BCUT2D eigenvalue weighted by Crippen LogP contribution is 2.39. The summed E-state index contributed by atoms with van der Waals surface area (Å²) >= 11 is 1.39. The molecule has 0 aliphatic carbocycles. The highest BCUT2D eigenvalue weighted by molar-refractivity contribution is 7.11. The molecule has 1 fully saturated rings. The molecule has 2 aliphatic rings. The first-order chi connectivity index (χ1) is 16.4. The number of halogens is 1. The number of nitrogens with one attached hydrogen (secondary N) is 1. The van der Waals surface area contributed by atoms with Crippen LogP contribution in [0.4, 0.5) is 4.39 Å². The van der Waals surface area contributed by atoms with E-state index in [-0.39, 0.29) is 18.7 Å². The minimum atomic E-state index is -1.20. The highest BCUT2D eigenvalue weighted by Gasteiger charge is 2.43. The average Bonchev–Trinajstić information content (AvgIpc) is 3.39. The SMILES string of the molecule is COC(=O)C1=C(CN2CCOCC2C(=O)OC)NC(c2nccs2)=N[C@@]1(C)c1ccc(F)cc1. The first-order valence-corrected chi connectivity index (χ1v) is 11.5. The molecule has 1 unspecified atom stereocenters. The van der Waals surface area contributed by atoms with Crippen LogP contribution in [0.5, 0.6) is 0 Å². The number of aromatic nitrogens is 1. The number of ether oxygens (including phenoxy) is 3. The van der Waals surface area contributed by atoms with Gasteiger partial charge in [-0.25, -0.2) is 19.2 Å². The Bertz CT molecular complexity index is 1120. The largest absolute Gasteiger partial charge is 0.468 e. The number of morpholine rings is 1. The molecule has 3 heterocycles. The molecule has 2 aliphatic heterocycles. The van der Waals surface area contributed by atoms with Crippen molar-refractivity contribution in [2.75, 3.05) is 40.5 Å². The molecular formula is C23H25FN4O5S. The van der Waals surface area contributed by atoms with Crippen LogP contribution >= 0.6 is 11.3 Å². The normalized spacial score (nSPS) is 23.2. The first kappa shape index (κ1) is 24.0. The zero-order valence-corrected chi connectivity index (χ0v) is 19.9. The lowest BCUT2D eigenvalue weighted by molar-refractivity contribution is -0.152. The molecule has 2 atom stereocenters. The van der Waals surface area contributed by atoms with E-state index >= 15 is 0 Å². The molecule has 0 saturated carbocycles. The topological polar surface area (TPSA) is 102 Å². The van der Waals surface area contributed by atoms with Crippen LogP contribution in [0.15, 0.2) is 52.1 Å². The molecule has 11 heteroatoms. The van der Waals surface area contributed by atoms with Crippen LogP contribution in [0.2, 0.25) is 0 Å². The Balaban J connectivity index is 1.84. The number of benzene rings is 1. The van der Waals surface area contributed by atoms with Crippen molar-refractivity contribution in [3.63, 3.8) is 0 Å². The minimum Gasteiger partial charge on any atom is -0.468 e. The Kier molecular flexibility index (Phi) is 7.05. The minimum absolute atomic E-state index is 0.177. The molecule has 0 radical (unpaired) electrons. The molecule has 9 nitrogen and oxygen atoms in total. The second-order valence-corrected chi connectivity index (χ2v) is 8.83. The average molecular weight is 489 g/mol. The fraction of sp³-hybridized carbons (Fsp3) is 0.391. The van der Waals surface area contributed by atoms with Gasteiger partial charge in [0.2, 0.25) is 0 Å². The van der Waals surface area contributed by atoms with Gasteiger partial charge in [0.05, 0.1) is 33.0 Å². The summed E-state index contributed by atoms with van der Waals surface area (Å²) in [4.78, 5) is 36.6. The predicted molar refractivity (Wildman–Crippen MR) is 123 cm³/mol. The van der Waals surface area contributed by atoms with Crippen LogP contribution in [0, 0.1) is 5.82 Å². The monoisotopic (exact) mass is 488 g/mol. The summed E-state index contributed by atoms with van der Waals surface area (Å²) in [6.45, 7) is 3.04. The number of carbonyl (C=O) groups is 2. The zero-order chi connectivity index (χ0) is 24.3. The van der Waals surface area contributed by atoms with Gasteiger partial charge >= 0.3 is 11.9 Å². The summed E-state index contributed by atoms with van der Waals surface area (Å²) < 4.78 is 29.3. The number of amidine groups is 1. The number of methoxy groups -OCH3 is 2. The van der Waals surface area contributed by atoms with Crippen molar-refractivity contribution in [3.05, 3.63) is 63.5 Å². The number of esters is 2. The maximum atomic E-state index is 13.7. The summed E-state index contributed by atoms with van der Waals surface area (Å²) in [5.74, 6) is -0.944. The summed E-state index contributed by atoms with van der Waals surface area (Å²) in [5.41, 5.74) is 0.177. The summed E-state index contributed by atoms with van der Waals surface area (Å²) in [5, 5.41) is 5.70. The van der Waals surface area contributed by atoms with Crippen LogP contribution in [-0.2, 0) is 29.3 Å². The van der Waals surface area contributed by atoms with E-state index in [1.165, 1.54) is 37.7 Å². The Morgan fingerprint density at radius 3 is 2.71 bits per heavy atom. The lowest BCUT2D eigenvalue weighted by Gasteiger charge is -2.38. The molecule has 1 aromatic carbocycles. The molecule has 4 rings (SSSR count). The van der Waals surface area contributed by atoms with Crippen molar-refractivity contribution in [2.45, 2.75) is 18.5 Å². The van der Waals surface area contributed by atoms with Crippen molar-refractivity contribution < 1.29 is 28.2 Å². The Hall–Kier alpha value is -3.15. The van der Waals surface area contributed by atoms with Gasteiger partial charge in [-0.1, -0.05) is 12.1 Å². The van der Waals surface area contributed by atoms with Crippen molar-refractivity contribution in [1.82, 2.24) is 15.2 Å². The third-order valence-electron chi connectivity index (χ3n) is 5.90. The Labute approximate surface area is 200 Å². The van der Waals surface area contributed by atoms with Gasteiger partial charge in [-0.3, -0.25) is 9.69 Å². The molecule has 34 heavy (non-hydrogen) atoms. The van der Waals surface area contributed by atoms with E-state index in [9.17, 15) is 14.0 Å². The van der Waals surface area contributed by atoms with Crippen LogP contribution in [0.25, 0.3) is 0 Å². The maximum absolute atomic E-state index is 13.7. The third-order valence-corrected chi connectivity index (χ3v) is 6.68. The second kappa shape index (κ2) is 10.00. The standard InChI is InChI=1S/C23H25FN4O5S/c1-23(14-4-6-15(24)7-5-14)18(22(30)32-3)16(26-19(27-23)20-25-8-11-34-20)12-28-9-10-33-13-17(28)21(29)31-2/h4-8,11,17H,9-10,12-13H2,1-3H3,(H,26,27)/t17?,23-/m0/s1. The predicted octanol–water partition coefficient (Wildman–Crippen LogP) is 1.85. The molecule has 0 bridgehead atoms. The van der Waals surface area contributed by atoms with Crippen LogP contribution in [0.3, 0.4) is 0 Å². The quantitative estimate of drug-likeness (QED) is 0.615. The van der Waals surface area contributed by atoms with Gasteiger partial charge in [-0.15, -0.1) is 11.3 Å². The smallest absolute Gasteiger partial charge is 0.338 e. The van der Waals surface area contributed by atoms with Crippen molar-refractivity contribution in [1.29, 1.82) is 0 Å². The highest BCUT2D eigenvalue weighted by atomic mass is 32.1. The van der Waals surface area contributed by atoms with Gasteiger partial charge in [0.25, 0.3) is 0 Å². The Morgan fingerprint density at radius 1 is 1.29 bits per heavy atom. The fourth-order valence-corrected chi connectivity index (χ4v) is 4.74. The van der Waals surface area contributed by atoms with Crippen molar-refractivity contribution >= 4 is 29.1 Å². The molecule has 1 saturated heterocycles. The lowest BCUT2D eigenvalue weighted by Crippen LogP contribution is -2.53. The molecule has 0 amide bonds. The number of aliphatic imine (C=N–C) groups is 1. The van der Waals surface area contributed by atoms with Gasteiger partial charge in [0.1, 0.15) is 17.4 Å². The van der Waals surface area contributed by atoms with Gasteiger partial charge in [0, 0.05) is 30.4 Å². The van der Waals surface area contributed by atoms with E-state index in [1.807, 2.05) is 10.3 Å². The summed E-state index contributed by atoms with van der Waals surface area (Å²) in [6, 6.07) is 5.20. The number of nitrogens with zero attached hydrogens (tertiary/aromatic N) is 3. The van der Waals surface area contributed by atoms with E-state index in [2.05, 4.69) is 10.3 Å². The number of hydrogen-bond acceptors (Lipinski definition) is 10. The number of hydrogen-bond donors (Lipinski definition) is 1. The van der Waals surface area contributed by atoms with Crippen LogP contribution in [-0.4, -0.2) is 74.2 Å². The number of carbonyl (C=O) groups excluding carboxylic acids is 2. The van der Waals surface area contributed by atoms with Crippen LogP contribution in [0.1, 0.15) is 17.5 Å². The number of thiazole rings is 1. The third kappa shape index (κ3) is 4.59. The maximum Gasteiger partial charge on any atom is 0.338 e. The second-order valence-electron chi connectivity index (χ2n) is 7.93. The molecular weight excluding hydrogens is 463 g/mol. The van der Waals surface area contributed by atoms with Crippen LogP contribution < -0.4 is 5.32 Å². The van der Waals surface area contributed by atoms with E-state index < -0.39 is 29.3 Å². The van der Waals surface area contributed by atoms with Gasteiger partial charge in [-0.2, -0.15) is 0 Å². The number of rotatable bonds is 6. The fourth-order valence-electron chi connectivity index (χ4n) is 4.16. The van der Waals surface area contributed by atoms with E-state index in [1.54, 1.807) is 25.3 Å². The van der Waals surface area contributed by atoms with E-state index in [0.717, 1.165) is 0 Å². The lowest BCUT2D eigenvalue weighted by atomic mass is 9.82. The molecule has 180 valence electrons. The summed E-state index contributed by atoms with van der Waals surface area (Å²) in [7, 11) is 2.62. The molecule has 0 spiro atoms. The van der Waals surface area contributed by atoms with Gasteiger partial charge in [-0.05, 0) is 24.6 Å². The zero-order valence-electron chi connectivity index (χ0n) is 19.0. The van der Waals surface area contributed by atoms with Gasteiger partial charge in [0.15, 0.2) is 10.8 Å². The Morgan fingerprint density at radius 2 is 2.06 bits per heavy atom. The molecule has 1 N–H and O–H groups in total.